The Balaban J connectivity index is 4.66. The van der Waals surface area contributed by atoms with E-state index in [-0.39, 0.29) is 0 Å². The maximum absolute atomic E-state index is 12.8. The zero-order valence-corrected chi connectivity index (χ0v) is 12.7. The van der Waals surface area contributed by atoms with E-state index < -0.39 is 7.14 Å². The second kappa shape index (κ2) is 8.31. The zero-order chi connectivity index (χ0) is 12.6. The summed E-state index contributed by atoms with van der Waals surface area (Å²) in [4.78, 5) is 2.39. The fraction of sp³-hybridized carbons (Fsp3) is 1.00. The lowest BCUT2D eigenvalue weighted by atomic mass is 10.3. The van der Waals surface area contributed by atoms with Gasteiger partial charge in [0.2, 0.25) is 0 Å². The first-order chi connectivity index (χ1) is 7.53. The number of rotatable bonds is 9. The summed E-state index contributed by atoms with van der Waals surface area (Å²) in [5, 5.41) is 0. The summed E-state index contributed by atoms with van der Waals surface area (Å²) in [6.45, 7) is 12.8. The Morgan fingerprint density at radius 1 is 1.06 bits per heavy atom. The summed E-state index contributed by atoms with van der Waals surface area (Å²) in [6, 6.07) is 0. The van der Waals surface area contributed by atoms with Crippen LogP contribution in [0, 0.1) is 0 Å². The Labute approximate surface area is 102 Å². The molecule has 0 amide bonds. The van der Waals surface area contributed by atoms with Crippen LogP contribution in [-0.2, 0) is 4.57 Å². The van der Waals surface area contributed by atoms with Gasteiger partial charge in [-0.05, 0) is 32.6 Å². The van der Waals surface area contributed by atoms with Crippen molar-refractivity contribution in [2.75, 3.05) is 25.9 Å². The third-order valence-electron chi connectivity index (χ3n) is 3.37. The Kier molecular flexibility index (Phi) is 8.40. The van der Waals surface area contributed by atoms with Crippen LogP contribution in [0.1, 0.15) is 53.4 Å². The quantitative estimate of drug-likeness (QED) is 0.568. The van der Waals surface area contributed by atoms with E-state index in [0.29, 0.717) is 5.78 Å². The molecule has 0 heterocycles. The van der Waals surface area contributed by atoms with Gasteiger partial charge in [0.05, 0.1) is 5.78 Å². The van der Waals surface area contributed by atoms with Gasteiger partial charge in [0.25, 0.3) is 0 Å². The molecule has 0 rings (SSSR count). The molecule has 0 aliphatic heterocycles. The van der Waals surface area contributed by atoms with Gasteiger partial charge in [0, 0.05) is 6.16 Å². The third-order valence-corrected chi connectivity index (χ3v) is 6.42. The van der Waals surface area contributed by atoms with E-state index in [1.807, 2.05) is 6.66 Å². The molecule has 0 bridgehead atoms. The Morgan fingerprint density at radius 2 is 1.62 bits per heavy atom. The van der Waals surface area contributed by atoms with Gasteiger partial charge >= 0.3 is 0 Å². The molecule has 16 heavy (non-hydrogen) atoms. The molecule has 0 aliphatic carbocycles. The van der Waals surface area contributed by atoms with E-state index in [0.717, 1.165) is 44.9 Å². The molecule has 0 radical (unpaired) electrons. The zero-order valence-electron chi connectivity index (χ0n) is 11.8. The molecule has 2 unspecified atom stereocenters. The highest BCUT2D eigenvalue weighted by molar-refractivity contribution is 7.63. The first-order valence-corrected chi connectivity index (χ1v) is 9.24. The molecular formula is C13H30NOP. The Bertz CT molecular complexity index is 214. The third kappa shape index (κ3) is 5.01. The van der Waals surface area contributed by atoms with Crippen molar-refractivity contribution in [1.29, 1.82) is 0 Å². The van der Waals surface area contributed by atoms with Gasteiger partial charge in [-0.2, -0.15) is 0 Å². The highest BCUT2D eigenvalue weighted by Crippen LogP contribution is 2.50. The van der Waals surface area contributed by atoms with E-state index >= 15 is 0 Å². The molecule has 0 aromatic carbocycles. The highest BCUT2D eigenvalue weighted by Gasteiger charge is 2.30. The molecule has 0 N–H and O–H groups in total. The summed E-state index contributed by atoms with van der Waals surface area (Å²) in [5.74, 6) is 0.319. The predicted molar refractivity (Wildman–Crippen MR) is 74.9 cm³/mol. The molecule has 0 fully saturated rings. The lowest BCUT2D eigenvalue weighted by Gasteiger charge is -2.34. The molecule has 0 saturated carbocycles. The molecule has 98 valence electrons. The highest BCUT2D eigenvalue weighted by atomic mass is 31.2. The summed E-state index contributed by atoms with van der Waals surface area (Å²) < 4.78 is 12.8. The Morgan fingerprint density at radius 3 is 2.00 bits per heavy atom. The summed E-state index contributed by atoms with van der Waals surface area (Å²) in [5.41, 5.74) is 0. The van der Waals surface area contributed by atoms with Crippen LogP contribution in [-0.4, -0.2) is 36.6 Å². The second-order valence-corrected chi connectivity index (χ2v) is 8.13. The molecular weight excluding hydrogens is 217 g/mol. The summed E-state index contributed by atoms with van der Waals surface area (Å²) in [6.07, 6.45) is 5.39. The van der Waals surface area contributed by atoms with Gasteiger partial charge in [-0.25, -0.2) is 0 Å². The van der Waals surface area contributed by atoms with E-state index in [4.69, 9.17) is 0 Å². The minimum Gasteiger partial charge on any atom is -0.322 e. The van der Waals surface area contributed by atoms with Gasteiger partial charge in [-0.1, -0.05) is 40.5 Å². The van der Waals surface area contributed by atoms with Crippen molar-refractivity contribution >= 4 is 7.14 Å². The van der Waals surface area contributed by atoms with Crippen LogP contribution in [0.4, 0.5) is 0 Å². The van der Waals surface area contributed by atoms with Crippen LogP contribution >= 0.6 is 7.14 Å². The minimum absolute atomic E-state index is 0.319. The lowest BCUT2D eigenvalue weighted by Crippen LogP contribution is -2.35. The number of nitrogens with zero attached hydrogens (tertiary/aromatic N) is 1. The smallest absolute Gasteiger partial charge is 0.101 e. The first-order valence-electron chi connectivity index (χ1n) is 6.83. The molecule has 0 spiro atoms. The van der Waals surface area contributed by atoms with Crippen LogP contribution in [0.5, 0.6) is 0 Å². The van der Waals surface area contributed by atoms with Crippen molar-refractivity contribution in [3.63, 3.8) is 0 Å². The molecule has 2 nitrogen and oxygen atoms in total. The lowest BCUT2D eigenvalue weighted by molar-refractivity contribution is 0.261. The van der Waals surface area contributed by atoms with Crippen molar-refractivity contribution in [2.45, 2.75) is 59.2 Å². The standard InChI is InChI=1S/C13H30NOP/c1-6-10-12-16(5,15)13(11-7-2)14(8-3)9-4/h13H,6-12H2,1-5H3. The average molecular weight is 247 g/mol. The van der Waals surface area contributed by atoms with Crippen LogP contribution in [0.3, 0.4) is 0 Å². The maximum atomic E-state index is 12.8. The summed E-state index contributed by atoms with van der Waals surface area (Å²) in [7, 11) is -2.00. The minimum atomic E-state index is -2.00. The fourth-order valence-electron chi connectivity index (χ4n) is 2.33. The van der Waals surface area contributed by atoms with Crippen LogP contribution < -0.4 is 0 Å². The number of hydrogen-bond donors (Lipinski definition) is 0. The van der Waals surface area contributed by atoms with E-state index in [2.05, 4.69) is 32.6 Å². The fourth-order valence-corrected chi connectivity index (χ4v) is 5.39. The number of hydrogen-bond acceptors (Lipinski definition) is 2. The van der Waals surface area contributed by atoms with Gasteiger partial charge in [0.15, 0.2) is 0 Å². The molecule has 0 aromatic rings. The monoisotopic (exact) mass is 247 g/mol. The second-order valence-electron chi connectivity index (χ2n) is 4.74. The molecule has 0 aromatic heterocycles. The van der Waals surface area contributed by atoms with Crippen LogP contribution in [0.15, 0.2) is 0 Å². The number of unbranched alkanes of at least 4 members (excludes halogenated alkanes) is 1. The molecule has 3 heteroatoms. The predicted octanol–water partition coefficient (Wildman–Crippen LogP) is 4.25. The van der Waals surface area contributed by atoms with E-state index in [1.54, 1.807) is 0 Å². The SMILES string of the molecule is CCCCP(C)(=O)C(CCC)N(CC)CC. The van der Waals surface area contributed by atoms with E-state index in [9.17, 15) is 4.57 Å². The Hall–Kier alpha value is 0.190. The van der Waals surface area contributed by atoms with Crippen molar-refractivity contribution in [3.8, 4) is 0 Å². The maximum Gasteiger partial charge on any atom is 0.101 e. The van der Waals surface area contributed by atoms with Crippen molar-refractivity contribution < 1.29 is 4.57 Å². The van der Waals surface area contributed by atoms with Gasteiger partial charge in [-0.15, -0.1) is 0 Å². The van der Waals surface area contributed by atoms with Crippen LogP contribution in [0.2, 0.25) is 0 Å². The van der Waals surface area contributed by atoms with Crippen molar-refractivity contribution in [1.82, 2.24) is 4.90 Å². The molecule has 2 atom stereocenters. The molecule has 0 aliphatic rings. The van der Waals surface area contributed by atoms with Gasteiger partial charge in [-0.3, -0.25) is 4.90 Å². The largest absolute Gasteiger partial charge is 0.322 e. The average Bonchev–Trinajstić information content (AvgIpc) is 2.27. The van der Waals surface area contributed by atoms with Crippen molar-refractivity contribution in [3.05, 3.63) is 0 Å². The van der Waals surface area contributed by atoms with Crippen molar-refractivity contribution in [2.24, 2.45) is 0 Å². The molecule has 0 saturated heterocycles. The first kappa shape index (κ1) is 16.2. The van der Waals surface area contributed by atoms with Gasteiger partial charge < -0.3 is 4.57 Å². The summed E-state index contributed by atoms with van der Waals surface area (Å²) >= 11 is 0. The normalized spacial score (nSPS) is 17.4. The van der Waals surface area contributed by atoms with Crippen LogP contribution in [0.25, 0.3) is 0 Å². The van der Waals surface area contributed by atoms with E-state index in [1.165, 1.54) is 0 Å². The topological polar surface area (TPSA) is 20.3 Å². The van der Waals surface area contributed by atoms with Gasteiger partial charge in [0.1, 0.15) is 7.14 Å².